The van der Waals surface area contributed by atoms with Crippen LogP contribution in [0.5, 0.6) is 0 Å². The van der Waals surface area contributed by atoms with Crippen LogP contribution in [0.1, 0.15) is 51.9 Å². The highest BCUT2D eigenvalue weighted by Gasteiger charge is 2.38. The third kappa shape index (κ3) is 3.14. The van der Waals surface area contributed by atoms with Gasteiger partial charge in [0.2, 0.25) is 0 Å². The van der Waals surface area contributed by atoms with Crippen LogP contribution in [0.4, 0.5) is 0 Å². The monoisotopic (exact) mass is 272 g/mol. The molecular formula is C14H24O3S. The third-order valence-electron chi connectivity index (χ3n) is 4.79. The van der Waals surface area contributed by atoms with Crippen LogP contribution in [0.3, 0.4) is 0 Å². The van der Waals surface area contributed by atoms with E-state index in [9.17, 15) is 13.2 Å². The van der Waals surface area contributed by atoms with Crippen LogP contribution in [0.2, 0.25) is 0 Å². The maximum absolute atomic E-state index is 12.0. The molecule has 4 atom stereocenters. The Hall–Kier alpha value is -0.380. The molecule has 0 amide bonds. The first kappa shape index (κ1) is 14.0. The fourth-order valence-corrected chi connectivity index (χ4v) is 4.84. The predicted octanol–water partition coefficient (Wildman–Crippen LogP) is 2.60. The number of rotatable bonds is 2. The van der Waals surface area contributed by atoms with Crippen LogP contribution in [-0.4, -0.2) is 25.7 Å². The molecule has 0 aromatic heterocycles. The van der Waals surface area contributed by atoms with Crippen molar-refractivity contribution in [2.24, 2.45) is 17.8 Å². The quantitative estimate of drug-likeness (QED) is 0.776. The maximum Gasteiger partial charge on any atom is 0.150 e. The van der Waals surface area contributed by atoms with E-state index in [0.29, 0.717) is 30.5 Å². The summed E-state index contributed by atoms with van der Waals surface area (Å²) >= 11 is 0. The summed E-state index contributed by atoms with van der Waals surface area (Å²) in [4.78, 5) is 12.0. The molecule has 0 heterocycles. The van der Waals surface area contributed by atoms with E-state index in [2.05, 4.69) is 6.92 Å². The summed E-state index contributed by atoms with van der Waals surface area (Å²) in [6.07, 6.45) is 7.51. The smallest absolute Gasteiger partial charge is 0.150 e. The largest absolute Gasteiger partial charge is 0.299 e. The number of carbonyl (C=O) groups excluding carboxylic acids is 1. The van der Waals surface area contributed by atoms with E-state index in [1.165, 1.54) is 6.26 Å². The second kappa shape index (κ2) is 5.32. The second-order valence-corrected chi connectivity index (χ2v) is 8.66. The van der Waals surface area contributed by atoms with Crippen molar-refractivity contribution in [2.75, 3.05) is 6.26 Å². The minimum Gasteiger partial charge on any atom is -0.299 e. The molecule has 104 valence electrons. The maximum atomic E-state index is 12.0. The fourth-order valence-electron chi connectivity index (χ4n) is 3.65. The van der Waals surface area contributed by atoms with Gasteiger partial charge in [-0.15, -0.1) is 0 Å². The number of carbonyl (C=O) groups is 1. The van der Waals surface area contributed by atoms with Gasteiger partial charge < -0.3 is 0 Å². The number of Topliss-reactive ketones (excluding diaryl/α,β-unsaturated/α-hetero) is 1. The molecule has 0 aromatic rings. The molecule has 0 aromatic carbocycles. The minimum atomic E-state index is -2.94. The molecule has 4 unspecified atom stereocenters. The number of hydrogen-bond donors (Lipinski definition) is 0. The molecule has 0 bridgehead atoms. The van der Waals surface area contributed by atoms with Crippen molar-refractivity contribution in [3.63, 3.8) is 0 Å². The van der Waals surface area contributed by atoms with Crippen LogP contribution in [0, 0.1) is 17.8 Å². The van der Waals surface area contributed by atoms with Crippen molar-refractivity contribution in [3.05, 3.63) is 0 Å². The minimum absolute atomic E-state index is 0.137. The van der Waals surface area contributed by atoms with E-state index < -0.39 is 9.84 Å². The van der Waals surface area contributed by atoms with Gasteiger partial charge in [-0.25, -0.2) is 8.42 Å². The molecule has 4 heteroatoms. The Morgan fingerprint density at radius 2 is 1.83 bits per heavy atom. The van der Waals surface area contributed by atoms with Crippen LogP contribution in [-0.2, 0) is 14.6 Å². The molecule has 2 aliphatic carbocycles. The van der Waals surface area contributed by atoms with Gasteiger partial charge in [-0.1, -0.05) is 13.3 Å². The lowest BCUT2D eigenvalue weighted by molar-refractivity contribution is -0.127. The van der Waals surface area contributed by atoms with E-state index in [1.54, 1.807) is 0 Å². The van der Waals surface area contributed by atoms with Gasteiger partial charge >= 0.3 is 0 Å². The zero-order valence-corrected chi connectivity index (χ0v) is 12.2. The van der Waals surface area contributed by atoms with Gasteiger partial charge in [-0.05, 0) is 43.9 Å². The Kier molecular flexibility index (Phi) is 4.15. The fraction of sp³-hybridized carbons (Fsp3) is 0.929. The summed E-state index contributed by atoms with van der Waals surface area (Å²) in [5, 5.41) is -0.207. The lowest BCUT2D eigenvalue weighted by Crippen LogP contribution is -2.36. The Balaban J connectivity index is 2.06. The van der Waals surface area contributed by atoms with Gasteiger partial charge in [0.25, 0.3) is 0 Å². The Labute approximate surface area is 110 Å². The van der Waals surface area contributed by atoms with Crippen LogP contribution in [0.15, 0.2) is 0 Å². The van der Waals surface area contributed by atoms with E-state index >= 15 is 0 Å². The average molecular weight is 272 g/mol. The summed E-state index contributed by atoms with van der Waals surface area (Å²) < 4.78 is 23.4. The number of ketones is 1. The summed E-state index contributed by atoms with van der Waals surface area (Å²) in [5.41, 5.74) is 0. The van der Waals surface area contributed by atoms with Crippen LogP contribution >= 0.6 is 0 Å². The molecular weight excluding hydrogens is 248 g/mol. The Morgan fingerprint density at radius 3 is 2.50 bits per heavy atom. The molecule has 2 saturated carbocycles. The topological polar surface area (TPSA) is 51.2 Å². The highest BCUT2D eigenvalue weighted by Crippen LogP contribution is 2.39. The van der Waals surface area contributed by atoms with E-state index in [0.717, 1.165) is 32.1 Å². The van der Waals surface area contributed by atoms with Crippen molar-refractivity contribution >= 4 is 15.6 Å². The van der Waals surface area contributed by atoms with Crippen molar-refractivity contribution in [3.8, 4) is 0 Å². The van der Waals surface area contributed by atoms with Crippen molar-refractivity contribution in [1.82, 2.24) is 0 Å². The SMILES string of the molecule is CC1CCC(=O)C(C2CCCC(S(C)(=O)=O)C2)C1. The third-order valence-corrected chi connectivity index (χ3v) is 6.43. The van der Waals surface area contributed by atoms with Crippen molar-refractivity contribution in [2.45, 2.75) is 57.1 Å². The molecule has 2 fully saturated rings. The van der Waals surface area contributed by atoms with Crippen molar-refractivity contribution < 1.29 is 13.2 Å². The number of sulfone groups is 1. The molecule has 0 saturated heterocycles. The molecule has 2 rings (SSSR count). The molecule has 0 spiro atoms. The predicted molar refractivity (Wildman–Crippen MR) is 72.1 cm³/mol. The van der Waals surface area contributed by atoms with Gasteiger partial charge in [0.1, 0.15) is 15.6 Å². The highest BCUT2D eigenvalue weighted by atomic mass is 32.2. The van der Waals surface area contributed by atoms with E-state index in [-0.39, 0.29) is 11.2 Å². The Bertz CT molecular complexity index is 413. The zero-order chi connectivity index (χ0) is 13.3. The lowest BCUT2D eigenvalue weighted by atomic mass is 9.70. The molecule has 0 N–H and O–H groups in total. The van der Waals surface area contributed by atoms with Gasteiger partial charge in [0, 0.05) is 18.6 Å². The molecule has 3 nitrogen and oxygen atoms in total. The van der Waals surface area contributed by atoms with E-state index in [1.807, 2.05) is 0 Å². The standard InChI is InChI=1S/C14H24O3S/c1-10-6-7-14(15)13(8-10)11-4-3-5-12(9-11)18(2,16)17/h10-13H,3-9H2,1-2H3. The van der Waals surface area contributed by atoms with Gasteiger partial charge in [0.15, 0.2) is 0 Å². The lowest BCUT2D eigenvalue weighted by Gasteiger charge is -2.36. The first-order valence-electron chi connectivity index (χ1n) is 7.09. The first-order chi connectivity index (χ1) is 8.38. The zero-order valence-electron chi connectivity index (χ0n) is 11.4. The number of hydrogen-bond acceptors (Lipinski definition) is 3. The van der Waals surface area contributed by atoms with Gasteiger partial charge in [-0.2, -0.15) is 0 Å². The second-order valence-electron chi connectivity index (χ2n) is 6.33. The summed E-state index contributed by atoms with van der Waals surface area (Å²) in [5.74, 6) is 1.45. The van der Waals surface area contributed by atoms with Gasteiger partial charge in [-0.3, -0.25) is 4.79 Å². The normalized spacial score (nSPS) is 38.7. The van der Waals surface area contributed by atoms with Gasteiger partial charge in [0.05, 0.1) is 5.25 Å². The highest BCUT2D eigenvalue weighted by molar-refractivity contribution is 7.91. The summed E-state index contributed by atoms with van der Waals surface area (Å²) in [6, 6.07) is 0. The molecule has 0 aliphatic heterocycles. The molecule has 18 heavy (non-hydrogen) atoms. The molecule has 0 radical (unpaired) electrons. The van der Waals surface area contributed by atoms with Crippen molar-refractivity contribution in [1.29, 1.82) is 0 Å². The summed E-state index contributed by atoms with van der Waals surface area (Å²) in [7, 11) is -2.94. The van der Waals surface area contributed by atoms with Crippen LogP contribution < -0.4 is 0 Å². The summed E-state index contributed by atoms with van der Waals surface area (Å²) in [6.45, 7) is 2.20. The Morgan fingerprint density at radius 1 is 1.11 bits per heavy atom. The molecule has 2 aliphatic rings. The van der Waals surface area contributed by atoms with E-state index in [4.69, 9.17) is 0 Å². The first-order valence-corrected chi connectivity index (χ1v) is 9.05. The van der Waals surface area contributed by atoms with Crippen LogP contribution in [0.25, 0.3) is 0 Å². The average Bonchev–Trinajstić information content (AvgIpc) is 2.31.